The van der Waals surface area contributed by atoms with Gasteiger partial charge in [0, 0.05) is 6.08 Å². The summed E-state index contributed by atoms with van der Waals surface area (Å²) in [5.74, 6) is -0.375. The van der Waals surface area contributed by atoms with E-state index in [4.69, 9.17) is 4.74 Å². The Labute approximate surface area is 128 Å². The van der Waals surface area contributed by atoms with Gasteiger partial charge in [-0.3, -0.25) is 4.79 Å². The van der Waals surface area contributed by atoms with Crippen LogP contribution in [0.1, 0.15) is 17.2 Å². The number of hydrogen-bond acceptors (Lipinski definition) is 3. The summed E-state index contributed by atoms with van der Waals surface area (Å²) < 4.78 is 5.04. The van der Waals surface area contributed by atoms with E-state index in [1.807, 2.05) is 60.7 Å². The Bertz CT molecular complexity index is 695. The average molecular weight is 293 g/mol. The second kappa shape index (κ2) is 6.26. The van der Waals surface area contributed by atoms with Crippen molar-refractivity contribution in [2.45, 2.75) is 6.04 Å². The zero-order chi connectivity index (χ0) is 15.4. The van der Waals surface area contributed by atoms with E-state index in [-0.39, 0.29) is 18.6 Å². The van der Waals surface area contributed by atoms with Crippen LogP contribution in [0.3, 0.4) is 0 Å². The summed E-state index contributed by atoms with van der Waals surface area (Å²) in [6.45, 7) is 0.188. The maximum Gasteiger partial charge on any atom is 0.417 e. The summed E-state index contributed by atoms with van der Waals surface area (Å²) in [6.07, 6.45) is 2.49. The van der Waals surface area contributed by atoms with Crippen molar-refractivity contribution < 1.29 is 14.3 Å². The normalized spacial score (nSPS) is 17.7. The number of benzene rings is 2. The first-order valence-electron chi connectivity index (χ1n) is 7.04. The second-order valence-corrected chi connectivity index (χ2v) is 4.96. The minimum absolute atomic E-state index is 0.188. The summed E-state index contributed by atoms with van der Waals surface area (Å²) in [7, 11) is 0. The zero-order valence-corrected chi connectivity index (χ0v) is 11.9. The van der Waals surface area contributed by atoms with Gasteiger partial charge in [-0.1, -0.05) is 60.7 Å². The maximum atomic E-state index is 12.4. The Morgan fingerprint density at radius 2 is 1.68 bits per heavy atom. The van der Waals surface area contributed by atoms with Gasteiger partial charge >= 0.3 is 6.09 Å². The van der Waals surface area contributed by atoms with Crippen LogP contribution in [0.5, 0.6) is 0 Å². The largest absolute Gasteiger partial charge is 0.446 e. The summed E-state index contributed by atoms with van der Waals surface area (Å²) in [6, 6.07) is 18.5. The Kier molecular flexibility index (Phi) is 4.01. The zero-order valence-electron chi connectivity index (χ0n) is 11.9. The first kappa shape index (κ1) is 14.1. The molecule has 0 aromatic heterocycles. The van der Waals surface area contributed by atoms with Gasteiger partial charge in [0.05, 0.1) is 0 Å². The molecule has 4 nitrogen and oxygen atoms in total. The molecule has 1 aliphatic heterocycles. The first-order chi connectivity index (χ1) is 10.8. The molecule has 0 saturated carbocycles. The number of imide groups is 1. The van der Waals surface area contributed by atoms with Crippen LogP contribution in [0.25, 0.3) is 6.08 Å². The molecule has 1 atom stereocenters. The van der Waals surface area contributed by atoms with Crippen molar-refractivity contribution in [2.24, 2.45) is 0 Å². The summed E-state index contributed by atoms with van der Waals surface area (Å²) in [5.41, 5.74) is 1.79. The Balaban J connectivity index is 1.80. The van der Waals surface area contributed by atoms with Gasteiger partial charge < -0.3 is 4.74 Å². The van der Waals surface area contributed by atoms with Crippen molar-refractivity contribution in [3.8, 4) is 0 Å². The molecule has 0 N–H and O–H groups in total. The molecule has 0 spiro atoms. The molecule has 0 aliphatic carbocycles. The number of amides is 2. The molecular formula is C18H15NO3. The number of hydrogen-bond donors (Lipinski definition) is 0. The van der Waals surface area contributed by atoms with E-state index >= 15 is 0 Å². The third-order valence-electron chi connectivity index (χ3n) is 3.51. The van der Waals surface area contributed by atoms with Crippen LogP contribution < -0.4 is 0 Å². The van der Waals surface area contributed by atoms with Crippen LogP contribution in [0.2, 0.25) is 0 Å². The molecule has 1 saturated heterocycles. The number of ether oxygens (including phenoxy) is 1. The van der Waals surface area contributed by atoms with E-state index in [1.165, 1.54) is 6.08 Å². The van der Waals surface area contributed by atoms with E-state index in [2.05, 4.69) is 0 Å². The van der Waals surface area contributed by atoms with Gasteiger partial charge in [0.15, 0.2) is 0 Å². The average Bonchev–Trinajstić information content (AvgIpc) is 2.96. The van der Waals surface area contributed by atoms with Crippen LogP contribution in [0.4, 0.5) is 4.79 Å². The number of cyclic esters (lactones) is 1. The third-order valence-corrected chi connectivity index (χ3v) is 3.51. The highest BCUT2D eigenvalue weighted by molar-refractivity contribution is 6.02. The molecule has 1 aliphatic rings. The summed E-state index contributed by atoms with van der Waals surface area (Å²) in [5, 5.41) is 0. The van der Waals surface area contributed by atoms with E-state index in [0.29, 0.717) is 0 Å². The van der Waals surface area contributed by atoms with E-state index in [1.54, 1.807) is 6.08 Å². The van der Waals surface area contributed by atoms with Crippen molar-refractivity contribution in [1.29, 1.82) is 0 Å². The van der Waals surface area contributed by atoms with Crippen LogP contribution in [-0.2, 0) is 9.53 Å². The predicted octanol–water partition coefficient (Wildman–Crippen LogP) is 3.42. The highest BCUT2D eigenvalue weighted by atomic mass is 16.6. The molecule has 1 heterocycles. The van der Waals surface area contributed by atoms with E-state index in [9.17, 15) is 9.59 Å². The molecule has 4 heteroatoms. The molecule has 110 valence electrons. The highest BCUT2D eigenvalue weighted by Gasteiger charge is 2.37. The molecule has 0 radical (unpaired) electrons. The minimum Gasteiger partial charge on any atom is -0.446 e. The van der Waals surface area contributed by atoms with Crippen LogP contribution in [-0.4, -0.2) is 23.5 Å². The van der Waals surface area contributed by atoms with E-state index < -0.39 is 6.09 Å². The Hall–Kier alpha value is -2.88. The fourth-order valence-corrected chi connectivity index (χ4v) is 2.40. The maximum absolute atomic E-state index is 12.4. The predicted molar refractivity (Wildman–Crippen MR) is 82.9 cm³/mol. The van der Waals surface area contributed by atoms with Crippen molar-refractivity contribution in [1.82, 2.24) is 4.90 Å². The van der Waals surface area contributed by atoms with Crippen LogP contribution in [0.15, 0.2) is 66.7 Å². The number of carbonyl (C=O) groups is 2. The van der Waals surface area contributed by atoms with Gasteiger partial charge in [-0.2, -0.15) is 0 Å². The van der Waals surface area contributed by atoms with Gasteiger partial charge in [0.2, 0.25) is 0 Å². The minimum atomic E-state index is -0.600. The van der Waals surface area contributed by atoms with Gasteiger partial charge in [0.25, 0.3) is 5.91 Å². The van der Waals surface area contributed by atoms with E-state index in [0.717, 1.165) is 16.0 Å². The Morgan fingerprint density at radius 1 is 1.05 bits per heavy atom. The molecule has 2 amide bonds. The van der Waals surface area contributed by atoms with Crippen molar-refractivity contribution in [2.75, 3.05) is 6.61 Å². The Morgan fingerprint density at radius 3 is 2.36 bits per heavy atom. The summed E-state index contributed by atoms with van der Waals surface area (Å²) in [4.78, 5) is 25.4. The third kappa shape index (κ3) is 2.91. The van der Waals surface area contributed by atoms with Gasteiger partial charge in [0.1, 0.15) is 12.6 Å². The number of nitrogens with zero attached hydrogens (tertiary/aromatic N) is 1. The lowest BCUT2D eigenvalue weighted by Crippen LogP contribution is -2.32. The van der Waals surface area contributed by atoms with Crippen molar-refractivity contribution >= 4 is 18.1 Å². The quantitative estimate of drug-likeness (QED) is 0.815. The fraction of sp³-hybridized carbons (Fsp3) is 0.111. The number of rotatable bonds is 3. The van der Waals surface area contributed by atoms with Crippen molar-refractivity contribution in [3.63, 3.8) is 0 Å². The molecule has 0 bridgehead atoms. The van der Waals surface area contributed by atoms with Gasteiger partial charge in [-0.25, -0.2) is 9.69 Å². The van der Waals surface area contributed by atoms with Gasteiger partial charge in [-0.05, 0) is 17.2 Å². The topological polar surface area (TPSA) is 46.6 Å². The fourth-order valence-electron chi connectivity index (χ4n) is 2.40. The monoisotopic (exact) mass is 293 g/mol. The molecule has 3 rings (SSSR count). The SMILES string of the molecule is O=C(/C=C/c1ccccc1)N1C(=O)OCC1c1ccccc1. The van der Waals surface area contributed by atoms with Crippen LogP contribution in [0, 0.1) is 0 Å². The standard InChI is InChI=1S/C18H15NO3/c20-17(12-11-14-7-3-1-4-8-14)19-16(13-22-18(19)21)15-9-5-2-6-10-15/h1-12,16H,13H2/b12-11+. The molecular weight excluding hydrogens is 278 g/mol. The first-order valence-corrected chi connectivity index (χ1v) is 7.04. The highest BCUT2D eigenvalue weighted by Crippen LogP contribution is 2.27. The van der Waals surface area contributed by atoms with Crippen molar-refractivity contribution in [3.05, 3.63) is 77.9 Å². The summed E-state index contributed by atoms with van der Waals surface area (Å²) >= 11 is 0. The molecule has 2 aromatic rings. The molecule has 1 fully saturated rings. The lowest BCUT2D eigenvalue weighted by molar-refractivity contribution is -0.124. The number of carbonyl (C=O) groups excluding carboxylic acids is 2. The second-order valence-electron chi connectivity index (χ2n) is 4.96. The van der Waals surface area contributed by atoms with Gasteiger partial charge in [-0.15, -0.1) is 0 Å². The molecule has 1 unspecified atom stereocenters. The molecule has 22 heavy (non-hydrogen) atoms. The smallest absolute Gasteiger partial charge is 0.417 e. The van der Waals surface area contributed by atoms with Crippen LogP contribution >= 0.6 is 0 Å². The molecule has 2 aromatic carbocycles. The lowest BCUT2D eigenvalue weighted by atomic mass is 10.1. The lowest BCUT2D eigenvalue weighted by Gasteiger charge is -2.18.